The summed E-state index contributed by atoms with van der Waals surface area (Å²) in [6.45, 7) is 8.33. The molecule has 7 heteroatoms. The van der Waals surface area contributed by atoms with Crippen LogP contribution in [0.2, 0.25) is 0 Å². The van der Waals surface area contributed by atoms with E-state index in [4.69, 9.17) is 9.47 Å². The van der Waals surface area contributed by atoms with Crippen LogP contribution in [0.25, 0.3) is 0 Å². The summed E-state index contributed by atoms with van der Waals surface area (Å²) in [6.07, 6.45) is -1.10. The van der Waals surface area contributed by atoms with Gasteiger partial charge in [-0.1, -0.05) is 18.2 Å². The lowest BCUT2D eigenvalue weighted by Gasteiger charge is -2.15. The number of hydrogen-bond acceptors (Lipinski definition) is 5. The topological polar surface area (TPSA) is 93.7 Å². The van der Waals surface area contributed by atoms with Crippen molar-refractivity contribution in [2.75, 3.05) is 6.61 Å². The molecule has 0 aliphatic rings. The monoisotopic (exact) mass is 336 g/mol. The van der Waals surface area contributed by atoms with E-state index in [0.717, 1.165) is 11.1 Å². The fourth-order valence-electron chi connectivity index (χ4n) is 1.95. The molecule has 0 bridgehead atoms. The molecule has 0 heterocycles. The molecule has 0 fully saturated rings. The number of para-hydroxylation sites is 1. The molecule has 1 atom stereocenters. The van der Waals surface area contributed by atoms with Gasteiger partial charge in [0.05, 0.1) is 0 Å². The normalized spacial score (nSPS) is 11.6. The third kappa shape index (κ3) is 6.28. The first kappa shape index (κ1) is 19.5. The summed E-state index contributed by atoms with van der Waals surface area (Å²) in [5, 5.41) is 4.61. The van der Waals surface area contributed by atoms with Crippen LogP contribution >= 0.6 is 0 Å². The van der Waals surface area contributed by atoms with Crippen molar-refractivity contribution in [3.05, 3.63) is 29.3 Å². The number of ether oxygens (including phenoxy) is 2. The Bertz CT molecular complexity index is 593. The number of benzene rings is 1. The molecule has 3 amide bonds. The summed E-state index contributed by atoms with van der Waals surface area (Å²) in [7, 11) is 0. The van der Waals surface area contributed by atoms with E-state index in [9.17, 15) is 14.4 Å². The van der Waals surface area contributed by atoms with Gasteiger partial charge in [-0.05, 0) is 45.7 Å². The summed E-state index contributed by atoms with van der Waals surface area (Å²) in [5.41, 5.74) is 1.80. The van der Waals surface area contributed by atoms with Crippen molar-refractivity contribution in [2.45, 2.75) is 46.8 Å². The van der Waals surface area contributed by atoms with Crippen molar-refractivity contribution in [1.29, 1.82) is 0 Å². The highest BCUT2D eigenvalue weighted by atomic mass is 16.6. The zero-order valence-electron chi connectivity index (χ0n) is 14.6. The Morgan fingerprint density at radius 2 is 1.67 bits per heavy atom. The second-order valence-corrected chi connectivity index (χ2v) is 5.76. The van der Waals surface area contributed by atoms with E-state index < -0.39 is 24.0 Å². The Balaban J connectivity index is 2.46. The number of rotatable bonds is 6. The number of nitrogens with one attached hydrogen (secondary N) is 2. The first-order valence-electron chi connectivity index (χ1n) is 7.70. The Morgan fingerprint density at radius 3 is 2.21 bits per heavy atom. The average Bonchev–Trinajstić information content (AvgIpc) is 2.45. The summed E-state index contributed by atoms with van der Waals surface area (Å²) in [6, 6.07) is 4.89. The Kier molecular flexibility index (Phi) is 7.23. The van der Waals surface area contributed by atoms with Gasteiger partial charge in [-0.2, -0.15) is 0 Å². The zero-order chi connectivity index (χ0) is 18.3. The van der Waals surface area contributed by atoms with E-state index in [-0.39, 0.29) is 12.6 Å². The van der Waals surface area contributed by atoms with Gasteiger partial charge in [0.15, 0.2) is 12.7 Å². The third-order valence-corrected chi connectivity index (χ3v) is 3.08. The molecule has 0 saturated carbocycles. The molecule has 0 aromatic heterocycles. The molecule has 1 rings (SSSR count). The van der Waals surface area contributed by atoms with Crippen LogP contribution < -0.4 is 15.4 Å². The Labute approximate surface area is 141 Å². The largest absolute Gasteiger partial charge is 0.481 e. The molecule has 1 aromatic rings. The van der Waals surface area contributed by atoms with E-state index in [2.05, 4.69) is 10.6 Å². The van der Waals surface area contributed by atoms with E-state index >= 15 is 0 Å². The predicted octanol–water partition coefficient (Wildman–Crippen LogP) is 1.85. The van der Waals surface area contributed by atoms with Gasteiger partial charge < -0.3 is 14.8 Å². The van der Waals surface area contributed by atoms with Crippen LogP contribution in [0.5, 0.6) is 5.75 Å². The number of aryl methyl sites for hydroxylation is 2. The summed E-state index contributed by atoms with van der Waals surface area (Å²) >= 11 is 0. The number of carbonyl (C=O) groups excluding carboxylic acids is 3. The van der Waals surface area contributed by atoms with Gasteiger partial charge in [0, 0.05) is 6.04 Å². The van der Waals surface area contributed by atoms with Crippen molar-refractivity contribution in [3.63, 3.8) is 0 Å². The van der Waals surface area contributed by atoms with Gasteiger partial charge in [0.1, 0.15) is 5.75 Å². The molecule has 0 spiro atoms. The number of carbonyl (C=O) groups is 3. The first-order chi connectivity index (χ1) is 11.2. The zero-order valence-corrected chi connectivity index (χ0v) is 14.6. The van der Waals surface area contributed by atoms with Gasteiger partial charge in [0.25, 0.3) is 5.91 Å². The van der Waals surface area contributed by atoms with Gasteiger partial charge in [-0.15, -0.1) is 0 Å². The van der Waals surface area contributed by atoms with Crippen LogP contribution in [0.4, 0.5) is 4.79 Å². The van der Waals surface area contributed by atoms with Crippen LogP contribution in [0.3, 0.4) is 0 Å². The number of esters is 1. The lowest BCUT2D eigenvalue weighted by Crippen LogP contribution is -2.46. The summed E-state index contributed by atoms with van der Waals surface area (Å²) < 4.78 is 10.4. The van der Waals surface area contributed by atoms with Gasteiger partial charge in [-0.3, -0.25) is 10.1 Å². The molecule has 0 aliphatic heterocycles. The van der Waals surface area contributed by atoms with Crippen molar-refractivity contribution < 1.29 is 23.9 Å². The van der Waals surface area contributed by atoms with Gasteiger partial charge in [0.2, 0.25) is 0 Å². The van der Waals surface area contributed by atoms with Crippen molar-refractivity contribution in [1.82, 2.24) is 10.6 Å². The minimum Gasteiger partial charge on any atom is -0.481 e. The molecular formula is C17H24N2O5. The second-order valence-electron chi connectivity index (χ2n) is 5.76. The minimum absolute atomic E-state index is 0.110. The van der Waals surface area contributed by atoms with Crippen molar-refractivity contribution >= 4 is 17.9 Å². The lowest BCUT2D eigenvalue weighted by atomic mass is 10.1. The number of urea groups is 1. The smallest absolute Gasteiger partial charge is 0.344 e. The average molecular weight is 336 g/mol. The molecular weight excluding hydrogens is 312 g/mol. The van der Waals surface area contributed by atoms with E-state index in [0.29, 0.717) is 5.75 Å². The SMILES string of the molecule is Cc1cccc(C)c1OCC(=O)O[C@H](C)C(=O)NC(=O)NC(C)C. The molecule has 2 N–H and O–H groups in total. The highest BCUT2D eigenvalue weighted by molar-refractivity contribution is 5.97. The third-order valence-electron chi connectivity index (χ3n) is 3.08. The molecule has 132 valence electrons. The molecule has 0 radical (unpaired) electrons. The molecule has 0 saturated heterocycles. The second kappa shape index (κ2) is 8.90. The van der Waals surface area contributed by atoms with Crippen molar-refractivity contribution in [3.8, 4) is 5.75 Å². The number of imide groups is 1. The van der Waals surface area contributed by atoms with Gasteiger partial charge in [-0.25, -0.2) is 9.59 Å². The number of hydrogen-bond donors (Lipinski definition) is 2. The highest BCUT2D eigenvalue weighted by Crippen LogP contribution is 2.22. The van der Waals surface area contributed by atoms with E-state index in [1.807, 2.05) is 32.0 Å². The molecule has 24 heavy (non-hydrogen) atoms. The van der Waals surface area contributed by atoms with E-state index in [1.54, 1.807) is 13.8 Å². The van der Waals surface area contributed by atoms with E-state index in [1.165, 1.54) is 6.92 Å². The Hall–Kier alpha value is -2.57. The molecule has 7 nitrogen and oxygen atoms in total. The van der Waals surface area contributed by atoms with Crippen molar-refractivity contribution in [2.24, 2.45) is 0 Å². The first-order valence-corrected chi connectivity index (χ1v) is 7.70. The highest BCUT2D eigenvalue weighted by Gasteiger charge is 2.20. The Morgan fingerprint density at radius 1 is 1.08 bits per heavy atom. The van der Waals surface area contributed by atoms with Crippen LogP contribution in [0, 0.1) is 13.8 Å². The maximum absolute atomic E-state index is 11.8. The minimum atomic E-state index is -1.10. The summed E-state index contributed by atoms with van der Waals surface area (Å²) in [4.78, 5) is 35.0. The standard InChI is InChI=1S/C17H24N2O5/c1-10(2)18-17(22)19-16(21)13(5)24-14(20)9-23-15-11(3)7-6-8-12(15)4/h6-8,10,13H,9H2,1-5H3,(H2,18,19,21,22)/t13-/m1/s1. The summed E-state index contributed by atoms with van der Waals surface area (Å²) in [5.74, 6) is -0.777. The lowest BCUT2D eigenvalue weighted by molar-refractivity contribution is -0.156. The fraction of sp³-hybridized carbons (Fsp3) is 0.471. The van der Waals surface area contributed by atoms with Crippen LogP contribution in [0.15, 0.2) is 18.2 Å². The van der Waals surface area contributed by atoms with Crippen LogP contribution in [-0.2, 0) is 14.3 Å². The molecule has 0 unspecified atom stereocenters. The fourth-order valence-corrected chi connectivity index (χ4v) is 1.95. The molecule has 1 aromatic carbocycles. The maximum atomic E-state index is 11.8. The van der Waals surface area contributed by atoms with Gasteiger partial charge >= 0.3 is 12.0 Å². The van der Waals surface area contributed by atoms with Crippen LogP contribution in [0.1, 0.15) is 31.9 Å². The maximum Gasteiger partial charge on any atom is 0.344 e. The number of amides is 3. The predicted molar refractivity (Wildman–Crippen MR) is 88.8 cm³/mol. The quantitative estimate of drug-likeness (QED) is 0.773. The van der Waals surface area contributed by atoms with Crippen LogP contribution in [-0.4, -0.2) is 36.7 Å². The molecule has 0 aliphatic carbocycles.